The second kappa shape index (κ2) is 12.2. The lowest BCUT2D eigenvalue weighted by atomic mass is 9.92. The molecule has 1 fully saturated rings. The van der Waals surface area contributed by atoms with Crippen LogP contribution in [-0.2, 0) is 24.8 Å². The van der Waals surface area contributed by atoms with Crippen LogP contribution in [0.15, 0.2) is 66.7 Å². The normalized spacial score (nSPS) is 17.5. The van der Waals surface area contributed by atoms with Gasteiger partial charge in [0.15, 0.2) is 11.5 Å². The number of amides is 2. The van der Waals surface area contributed by atoms with E-state index >= 15 is 0 Å². The highest BCUT2D eigenvalue weighted by molar-refractivity contribution is 6.08. The Morgan fingerprint density at radius 3 is 2.37 bits per heavy atom. The van der Waals surface area contributed by atoms with Crippen molar-refractivity contribution in [3.05, 3.63) is 94.7 Å². The molecule has 10 heteroatoms. The average Bonchev–Trinajstić information content (AvgIpc) is 3.66. The summed E-state index contributed by atoms with van der Waals surface area (Å²) in [5.74, 6) is 0.940. The summed E-state index contributed by atoms with van der Waals surface area (Å²) in [6, 6.07) is 20.3. The number of aromatic hydroxyl groups is 1. The standard InChI is InChI=1S/C36H38N4O6/c1-23-29(35(42)38(3)26-8-10-28(41)11-9-26)17-32(37(23)2)30-18-33-34(46-22-45-33)19-31(30)36(43)40-20-25-7-5-4-6-24(25)16-27(40)21-39-12-14-44-15-13-39/h4-11,17-19,27,41H,12-16,20-22H2,1-3H3. The summed E-state index contributed by atoms with van der Waals surface area (Å²) >= 11 is 0. The highest BCUT2D eigenvalue weighted by Crippen LogP contribution is 2.41. The van der Waals surface area contributed by atoms with Gasteiger partial charge in [0.25, 0.3) is 11.8 Å². The Morgan fingerprint density at radius 1 is 0.935 bits per heavy atom. The van der Waals surface area contributed by atoms with E-state index in [0.29, 0.717) is 53.6 Å². The van der Waals surface area contributed by atoms with E-state index in [1.807, 2.05) is 41.6 Å². The molecule has 4 heterocycles. The number of aromatic nitrogens is 1. The maximum absolute atomic E-state index is 14.8. The summed E-state index contributed by atoms with van der Waals surface area (Å²) in [5.41, 5.74) is 6.26. The minimum atomic E-state index is -0.197. The van der Waals surface area contributed by atoms with Crippen molar-refractivity contribution < 1.29 is 28.9 Å². The van der Waals surface area contributed by atoms with E-state index in [-0.39, 0.29) is 30.4 Å². The van der Waals surface area contributed by atoms with Crippen molar-refractivity contribution in [3.8, 4) is 28.5 Å². The lowest BCUT2D eigenvalue weighted by molar-refractivity contribution is 0.0193. The lowest BCUT2D eigenvalue weighted by Gasteiger charge is -2.40. The molecule has 46 heavy (non-hydrogen) atoms. The van der Waals surface area contributed by atoms with Crippen LogP contribution in [0.2, 0.25) is 0 Å². The summed E-state index contributed by atoms with van der Waals surface area (Å²) in [7, 11) is 3.61. The van der Waals surface area contributed by atoms with Gasteiger partial charge in [0.2, 0.25) is 6.79 Å². The highest BCUT2D eigenvalue weighted by atomic mass is 16.7. The van der Waals surface area contributed by atoms with Gasteiger partial charge in [-0.15, -0.1) is 0 Å². The minimum Gasteiger partial charge on any atom is -0.508 e. The molecule has 2 amide bonds. The van der Waals surface area contributed by atoms with Gasteiger partial charge in [0.1, 0.15) is 5.75 Å². The Labute approximate surface area is 268 Å². The fourth-order valence-corrected chi connectivity index (χ4v) is 6.70. The van der Waals surface area contributed by atoms with Gasteiger partial charge in [-0.05, 0) is 66.9 Å². The smallest absolute Gasteiger partial charge is 0.259 e. The van der Waals surface area contributed by atoms with Crippen molar-refractivity contribution in [2.24, 2.45) is 7.05 Å². The van der Waals surface area contributed by atoms with E-state index in [2.05, 4.69) is 23.1 Å². The molecule has 10 nitrogen and oxygen atoms in total. The molecule has 7 rings (SSSR count). The second-order valence-electron chi connectivity index (χ2n) is 12.2. The van der Waals surface area contributed by atoms with E-state index in [4.69, 9.17) is 14.2 Å². The molecular formula is C36H38N4O6. The largest absolute Gasteiger partial charge is 0.508 e. The number of morpholine rings is 1. The van der Waals surface area contributed by atoms with Gasteiger partial charge in [-0.1, -0.05) is 24.3 Å². The first-order chi connectivity index (χ1) is 22.3. The van der Waals surface area contributed by atoms with Crippen LogP contribution in [0.25, 0.3) is 11.3 Å². The number of hydrogen-bond acceptors (Lipinski definition) is 7. The van der Waals surface area contributed by atoms with Crippen molar-refractivity contribution >= 4 is 17.5 Å². The van der Waals surface area contributed by atoms with Gasteiger partial charge in [-0.2, -0.15) is 0 Å². The highest BCUT2D eigenvalue weighted by Gasteiger charge is 2.35. The van der Waals surface area contributed by atoms with Crippen molar-refractivity contribution in [1.29, 1.82) is 0 Å². The van der Waals surface area contributed by atoms with E-state index in [9.17, 15) is 14.7 Å². The molecule has 0 bridgehead atoms. The molecule has 4 aromatic rings. The minimum absolute atomic E-state index is 0.0231. The summed E-state index contributed by atoms with van der Waals surface area (Å²) in [4.78, 5) is 34.5. The summed E-state index contributed by atoms with van der Waals surface area (Å²) in [6.45, 7) is 6.31. The van der Waals surface area contributed by atoms with Gasteiger partial charge in [-0.25, -0.2) is 0 Å². The van der Waals surface area contributed by atoms with Crippen LogP contribution in [0.3, 0.4) is 0 Å². The van der Waals surface area contributed by atoms with Crippen LogP contribution in [0.5, 0.6) is 17.2 Å². The molecule has 0 saturated carbocycles. The Balaban J connectivity index is 1.27. The van der Waals surface area contributed by atoms with Crippen LogP contribution < -0.4 is 14.4 Å². The number of carbonyl (C=O) groups is 2. The molecule has 0 radical (unpaired) electrons. The van der Waals surface area contributed by atoms with E-state index in [0.717, 1.165) is 43.0 Å². The zero-order chi connectivity index (χ0) is 31.9. The number of phenols is 1. The Morgan fingerprint density at radius 2 is 1.63 bits per heavy atom. The van der Waals surface area contributed by atoms with Gasteiger partial charge < -0.3 is 33.7 Å². The number of phenolic OH excluding ortho intramolecular Hbond substituents is 1. The van der Waals surface area contributed by atoms with Gasteiger partial charge >= 0.3 is 0 Å². The summed E-state index contributed by atoms with van der Waals surface area (Å²) in [5, 5.41) is 9.72. The van der Waals surface area contributed by atoms with E-state index < -0.39 is 0 Å². The zero-order valence-electron chi connectivity index (χ0n) is 26.4. The van der Waals surface area contributed by atoms with Crippen molar-refractivity contribution in [2.75, 3.05) is 51.6 Å². The molecule has 1 N–H and O–H groups in total. The fraction of sp³-hybridized carbons (Fsp3) is 0.333. The molecular weight excluding hydrogens is 584 g/mol. The van der Waals surface area contributed by atoms with Crippen LogP contribution >= 0.6 is 0 Å². The topological polar surface area (TPSA) is 96.7 Å². The summed E-state index contributed by atoms with van der Waals surface area (Å²) in [6.07, 6.45) is 0.769. The molecule has 3 aromatic carbocycles. The SMILES string of the molecule is Cc1c(C(=O)N(C)c2ccc(O)cc2)cc(-c2cc3c(cc2C(=O)N2Cc4ccccc4CC2CN2CCOCC2)OCO3)n1C. The van der Waals surface area contributed by atoms with E-state index in [1.165, 1.54) is 5.56 Å². The number of rotatable bonds is 6. The number of nitrogens with zero attached hydrogens (tertiary/aromatic N) is 4. The predicted molar refractivity (Wildman–Crippen MR) is 174 cm³/mol. The first kappa shape index (κ1) is 29.9. The molecule has 3 aliphatic rings. The monoisotopic (exact) mass is 622 g/mol. The molecule has 1 atom stereocenters. The lowest BCUT2D eigenvalue weighted by Crippen LogP contribution is -2.52. The second-order valence-corrected chi connectivity index (χ2v) is 12.2. The molecule has 0 aliphatic carbocycles. The number of hydrogen-bond donors (Lipinski definition) is 1. The number of fused-ring (bicyclic) bond motifs is 2. The third-order valence-electron chi connectivity index (χ3n) is 9.52. The number of anilines is 1. The molecule has 1 unspecified atom stereocenters. The van der Waals surface area contributed by atoms with E-state index in [1.54, 1.807) is 42.3 Å². The third kappa shape index (κ3) is 5.48. The third-order valence-corrected chi connectivity index (χ3v) is 9.52. The van der Waals surface area contributed by atoms with Gasteiger partial charge in [-0.3, -0.25) is 14.5 Å². The molecule has 3 aliphatic heterocycles. The van der Waals surface area contributed by atoms with Crippen LogP contribution in [0.1, 0.15) is 37.5 Å². The van der Waals surface area contributed by atoms with Crippen LogP contribution in [0, 0.1) is 6.92 Å². The first-order valence-electron chi connectivity index (χ1n) is 15.6. The Kier molecular flexibility index (Phi) is 7.92. The maximum Gasteiger partial charge on any atom is 0.259 e. The molecule has 0 spiro atoms. The molecule has 1 saturated heterocycles. The first-order valence-corrected chi connectivity index (χ1v) is 15.6. The van der Waals surface area contributed by atoms with Crippen molar-refractivity contribution in [2.45, 2.75) is 25.9 Å². The van der Waals surface area contributed by atoms with Crippen LogP contribution in [-0.4, -0.2) is 84.0 Å². The number of benzene rings is 3. The predicted octanol–water partition coefficient (Wildman–Crippen LogP) is 4.61. The number of ether oxygens (including phenoxy) is 3. The Bertz CT molecular complexity index is 1790. The quantitative estimate of drug-likeness (QED) is 0.336. The number of carbonyl (C=O) groups excluding carboxylic acids is 2. The molecule has 238 valence electrons. The maximum atomic E-state index is 14.8. The zero-order valence-corrected chi connectivity index (χ0v) is 26.4. The van der Waals surface area contributed by atoms with Crippen molar-refractivity contribution in [3.63, 3.8) is 0 Å². The Hall–Kier alpha value is -4.80. The van der Waals surface area contributed by atoms with Crippen LogP contribution in [0.4, 0.5) is 5.69 Å². The van der Waals surface area contributed by atoms with Crippen molar-refractivity contribution in [1.82, 2.24) is 14.4 Å². The van der Waals surface area contributed by atoms with Gasteiger partial charge in [0, 0.05) is 69.0 Å². The fourth-order valence-electron chi connectivity index (χ4n) is 6.70. The van der Waals surface area contributed by atoms with Gasteiger partial charge in [0.05, 0.1) is 24.3 Å². The average molecular weight is 623 g/mol. The molecule has 1 aromatic heterocycles. The summed E-state index contributed by atoms with van der Waals surface area (Å²) < 4.78 is 19.1.